The second-order valence-electron chi connectivity index (χ2n) is 5.99. The first-order chi connectivity index (χ1) is 14.5. The summed E-state index contributed by atoms with van der Waals surface area (Å²) in [5.74, 6) is -0.936. The van der Waals surface area contributed by atoms with Crippen molar-refractivity contribution in [2.24, 2.45) is 0 Å². The van der Waals surface area contributed by atoms with Gasteiger partial charge < -0.3 is 36.0 Å². The summed E-state index contributed by atoms with van der Waals surface area (Å²) in [6.07, 6.45) is 0.0103. The Kier molecular flexibility index (Phi) is 17.6. The van der Waals surface area contributed by atoms with Crippen molar-refractivity contribution in [3.05, 3.63) is 24.3 Å². The summed E-state index contributed by atoms with van der Waals surface area (Å²) in [5, 5.41) is 0. The monoisotopic (exact) mass is 482 g/mol. The van der Waals surface area contributed by atoms with Gasteiger partial charge in [0.15, 0.2) is 12.5 Å². The minimum Gasteiger partial charge on any atom is -0.458 e. The van der Waals surface area contributed by atoms with Crippen molar-refractivity contribution < 1.29 is 45.6 Å². The molecular formula is C19H38O10Si2. The highest BCUT2D eigenvalue weighted by Crippen LogP contribution is 2.12. The summed E-state index contributed by atoms with van der Waals surface area (Å²) in [6.45, 7) is 17.0. The summed E-state index contributed by atoms with van der Waals surface area (Å²) in [4.78, 5) is 22.4. The van der Waals surface area contributed by atoms with Crippen LogP contribution in [0.5, 0.6) is 0 Å². The molecule has 31 heavy (non-hydrogen) atoms. The molecule has 0 saturated heterocycles. The largest absolute Gasteiger partial charge is 0.540 e. The van der Waals surface area contributed by atoms with Gasteiger partial charge in [-0.2, -0.15) is 0 Å². The molecule has 0 fully saturated rings. The zero-order valence-electron chi connectivity index (χ0n) is 20.0. The lowest BCUT2D eigenvalue weighted by Crippen LogP contribution is -2.51. The highest BCUT2D eigenvalue weighted by Gasteiger charge is 2.42. The lowest BCUT2D eigenvalue weighted by atomic mass is 10.4. The maximum atomic E-state index is 11.3. The maximum Gasteiger partial charge on any atom is 0.540 e. The summed E-state index contributed by atoms with van der Waals surface area (Å²) >= 11 is 0. The normalized spacial score (nSPS) is 11.2. The van der Waals surface area contributed by atoms with Crippen molar-refractivity contribution in [3.8, 4) is 0 Å². The van der Waals surface area contributed by atoms with Crippen LogP contribution in [0.15, 0.2) is 24.3 Å². The quantitative estimate of drug-likeness (QED) is 0.196. The van der Waals surface area contributed by atoms with Crippen LogP contribution in [0.25, 0.3) is 0 Å². The first-order valence-corrected chi connectivity index (χ1v) is 13.6. The molecule has 10 nitrogen and oxygen atoms in total. The molecule has 0 amide bonds. The fourth-order valence-electron chi connectivity index (χ4n) is 1.89. The van der Waals surface area contributed by atoms with Crippen LogP contribution in [-0.4, -0.2) is 83.2 Å². The number of hydrogen-bond donors (Lipinski definition) is 0. The Labute approximate surface area is 188 Å². The van der Waals surface area contributed by atoms with Crippen LogP contribution >= 0.6 is 0 Å². The molecule has 0 N–H and O–H groups in total. The topological polar surface area (TPSA) is 108 Å². The summed E-state index contributed by atoms with van der Waals surface area (Å²) in [6, 6.07) is 0. The smallest absolute Gasteiger partial charge is 0.458 e. The van der Waals surface area contributed by atoms with Gasteiger partial charge in [-0.1, -0.05) is 13.2 Å². The Hall–Kier alpha value is -1.39. The second kappa shape index (κ2) is 17.2. The third kappa shape index (κ3) is 12.9. The van der Waals surface area contributed by atoms with Crippen molar-refractivity contribution in [2.45, 2.75) is 34.6 Å². The minimum atomic E-state index is -2.89. The van der Waals surface area contributed by atoms with Gasteiger partial charge in [0.05, 0.1) is 0 Å². The molecule has 12 heteroatoms. The Morgan fingerprint density at radius 1 is 0.645 bits per heavy atom. The van der Waals surface area contributed by atoms with Crippen molar-refractivity contribution in [1.82, 2.24) is 0 Å². The number of hydrogen-bond acceptors (Lipinski definition) is 10. The molecule has 0 spiro atoms. The van der Waals surface area contributed by atoms with E-state index in [1.54, 1.807) is 13.8 Å². The van der Waals surface area contributed by atoms with Crippen molar-refractivity contribution >= 4 is 29.5 Å². The Bertz CT molecular complexity index is 539. The highest BCUT2D eigenvalue weighted by atomic mass is 28.4. The van der Waals surface area contributed by atoms with Gasteiger partial charge in [-0.15, -0.1) is 0 Å². The van der Waals surface area contributed by atoms with E-state index in [0.29, 0.717) is 31.0 Å². The van der Waals surface area contributed by atoms with Crippen LogP contribution < -0.4 is 0 Å². The van der Waals surface area contributed by atoms with Gasteiger partial charge in [0, 0.05) is 52.3 Å². The number of ether oxygens (including phenoxy) is 2. The average molecular weight is 483 g/mol. The van der Waals surface area contributed by atoms with E-state index in [1.165, 1.54) is 21.3 Å². The number of esters is 2. The summed E-state index contributed by atoms with van der Waals surface area (Å²) < 4.78 is 41.7. The van der Waals surface area contributed by atoms with Gasteiger partial charge in [0.25, 0.3) is 0 Å². The average Bonchev–Trinajstić information content (AvgIpc) is 2.74. The molecule has 0 bridgehead atoms. The van der Waals surface area contributed by atoms with Gasteiger partial charge in [0.2, 0.25) is 0 Å². The van der Waals surface area contributed by atoms with Crippen LogP contribution in [-0.2, 0) is 45.6 Å². The highest BCUT2D eigenvalue weighted by molar-refractivity contribution is 6.61. The predicted octanol–water partition coefficient (Wildman–Crippen LogP) is 2.22. The molecule has 0 aliphatic carbocycles. The van der Waals surface area contributed by atoms with E-state index in [4.69, 9.17) is 36.0 Å². The molecule has 0 saturated carbocycles. The molecule has 0 atom stereocenters. The zero-order chi connectivity index (χ0) is 24.5. The van der Waals surface area contributed by atoms with E-state index in [9.17, 15) is 9.59 Å². The molecule has 0 aliphatic heterocycles. The Balaban J connectivity index is 0. The van der Waals surface area contributed by atoms with Crippen LogP contribution in [0, 0.1) is 0 Å². The zero-order valence-corrected chi connectivity index (χ0v) is 22.0. The van der Waals surface area contributed by atoms with Gasteiger partial charge >= 0.3 is 29.5 Å². The Morgan fingerprint density at radius 2 is 0.935 bits per heavy atom. The van der Waals surface area contributed by atoms with E-state index in [0.717, 1.165) is 0 Å². The lowest BCUT2D eigenvalue weighted by Gasteiger charge is -2.27. The molecule has 0 aromatic carbocycles. The van der Waals surface area contributed by atoms with E-state index < -0.39 is 29.5 Å². The molecule has 0 aliphatic rings. The van der Waals surface area contributed by atoms with Gasteiger partial charge in [-0.25, -0.2) is 9.59 Å². The first kappa shape index (κ1) is 31.8. The number of carbonyl (C=O) groups is 2. The fourth-order valence-corrected chi connectivity index (χ4v) is 5.18. The van der Waals surface area contributed by atoms with Crippen LogP contribution in [0.2, 0.25) is 0 Å². The van der Waals surface area contributed by atoms with Gasteiger partial charge in [0.1, 0.15) is 0 Å². The molecule has 0 aromatic heterocycles. The molecule has 0 unspecified atom stereocenters. The van der Waals surface area contributed by atoms with Crippen molar-refractivity contribution in [1.29, 1.82) is 0 Å². The SMILES string of the molecule is C=C(C)C(=O)OC[Si](OC)(OC)OC.C=C(C)C(=O)OC[Si](OCC)(OCC)OCC. The van der Waals surface area contributed by atoms with Crippen molar-refractivity contribution in [2.75, 3.05) is 53.6 Å². The van der Waals surface area contributed by atoms with Crippen LogP contribution in [0.4, 0.5) is 0 Å². The Morgan fingerprint density at radius 3 is 1.16 bits per heavy atom. The summed E-state index contributed by atoms with van der Waals surface area (Å²) in [7, 11) is -1.34. The first-order valence-electron chi connectivity index (χ1n) is 9.74. The van der Waals surface area contributed by atoms with Gasteiger partial charge in [-0.05, 0) is 34.6 Å². The van der Waals surface area contributed by atoms with Gasteiger partial charge in [-0.3, -0.25) is 0 Å². The molecular weight excluding hydrogens is 444 g/mol. The third-order valence-electron chi connectivity index (χ3n) is 3.48. The second-order valence-corrected chi connectivity index (χ2v) is 11.4. The van der Waals surface area contributed by atoms with E-state index in [2.05, 4.69) is 13.2 Å². The summed E-state index contributed by atoms with van der Waals surface area (Å²) in [5.41, 5.74) is 0.675. The minimum absolute atomic E-state index is 0.0117. The van der Waals surface area contributed by atoms with Crippen molar-refractivity contribution in [3.63, 3.8) is 0 Å². The molecule has 0 aromatic rings. The lowest BCUT2D eigenvalue weighted by molar-refractivity contribution is -0.139. The van der Waals surface area contributed by atoms with E-state index >= 15 is 0 Å². The van der Waals surface area contributed by atoms with Crippen LogP contribution in [0.3, 0.4) is 0 Å². The number of rotatable bonds is 15. The molecule has 0 radical (unpaired) electrons. The standard InChI is InChI=1S/C11H22O5Si.C8H16O5Si/c1-6-14-17(15-7-2,16-8-3)9-13-11(12)10(4)5;1-7(2)8(9)13-6-14(10-3,11-4)12-5/h4,6-9H2,1-3,5H3;1,6H2,2-5H3. The third-order valence-corrected chi connectivity index (χ3v) is 8.53. The fraction of sp³-hybridized carbons (Fsp3) is 0.684. The molecule has 0 rings (SSSR count). The van der Waals surface area contributed by atoms with E-state index in [-0.39, 0.29) is 12.5 Å². The molecule has 0 heterocycles. The predicted molar refractivity (Wildman–Crippen MR) is 119 cm³/mol. The number of carbonyl (C=O) groups excluding carboxylic acids is 2. The maximum absolute atomic E-state index is 11.3. The van der Waals surface area contributed by atoms with Crippen LogP contribution in [0.1, 0.15) is 34.6 Å². The van der Waals surface area contributed by atoms with E-state index in [1.807, 2.05) is 20.8 Å². The molecule has 182 valence electrons.